The largest absolute Gasteiger partial charge is 0.497 e. The highest BCUT2D eigenvalue weighted by Gasteiger charge is 2.17. The minimum atomic E-state index is -0.222. The van der Waals surface area contributed by atoms with Crippen LogP contribution in [0.25, 0.3) is 22.3 Å². The first-order chi connectivity index (χ1) is 21.4. The third kappa shape index (κ3) is 8.01. The quantitative estimate of drug-likeness (QED) is 0.214. The molecule has 1 aliphatic rings. The Kier molecular flexibility index (Phi) is 10.6. The summed E-state index contributed by atoms with van der Waals surface area (Å²) in [4.78, 5) is 27.4. The second-order valence-electron chi connectivity index (χ2n) is 10.7. The number of piperazine rings is 1. The molecule has 0 spiro atoms. The Balaban J connectivity index is 1.21. The monoisotopic (exact) mass is 603 g/mol. The van der Waals surface area contributed by atoms with Crippen LogP contribution in [0.2, 0.25) is 0 Å². The molecule has 1 saturated heterocycles. The molecule has 1 fully saturated rings. The third-order valence-corrected chi connectivity index (χ3v) is 7.78. The highest BCUT2D eigenvalue weighted by Crippen LogP contribution is 2.34. The molecule has 0 amide bonds. The number of hydrogen-bond acceptors (Lipinski definition) is 11. The minimum absolute atomic E-state index is 0.0314. The molecule has 0 unspecified atom stereocenters. The maximum absolute atomic E-state index is 11.0. The van der Waals surface area contributed by atoms with Gasteiger partial charge in [-0.1, -0.05) is 0 Å². The van der Waals surface area contributed by atoms with E-state index < -0.39 is 0 Å². The molecule has 0 bridgehead atoms. The molecule has 0 aliphatic carbocycles. The van der Waals surface area contributed by atoms with Crippen LogP contribution < -0.4 is 14.4 Å². The summed E-state index contributed by atoms with van der Waals surface area (Å²) >= 11 is 0. The summed E-state index contributed by atoms with van der Waals surface area (Å²) in [7, 11) is 3.23. The van der Waals surface area contributed by atoms with Crippen molar-refractivity contribution < 1.29 is 24.1 Å². The third-order valence-electron chi connectivity index (χ3n) is 7.78. The van der Waals surface area contributed by atoms with Gasteiger partial charge in [-0.25, -0.2) is 4.98 Å². The smallest absolute Gasteiger partial charge is 0.302 e. The van der Waals surface area contributed by atoms with E-state index in [1.165, 1.54) is 6.92 Å². The number of carbonyl (C=O) groups excluding carboxylic acids is 1. The summed E-state index contributed by atoms with van der Waals surface area (Å²) in [6, 6.07) is 11.5. The van der Waals surface area contributed by atoms with E-state index >= 15 is 0 Å². The highest BCUT2D eigenvalue weighted by molar-refractivity contribution is 5.82. The number of aromatic nitrogens is 4. The van der Waals surface area contributed by atoms with Crippen LogP contribution in [0.3, 0.4) is 0 Å². The summed E-state index contributed by atoms with van der Waals surface area (Å²) in [5, 5.41) is 14.4. The van der Waals surface area contributed by atoms with Gasteiger partial charge in [0.1, 0.15) is 18.1 Å². The van der Waals surface area contributed by atoms with Gasteiger partial charge in [0.15, 0.2) is 0 Å². The van der Waals surface area contributed by atoms with Crippen molar-refractivity contribution in [1.82, 2.24) is 29.5 Å². The number of fused-ring (bicyclic) bond motifs is 1. The van der Waals surface area contributed by atoms with Crippen molar-refractivity contribution in [3.05, 3.63) is 55.0 Å². The average molecular weight is 604 g/mol. The Labute approximate surface area is 257 Å². The van der Waals surface area contributed by atoms with Crippen molar-refractivity contribution in [3.63, 3.8) is 0 Å². The average Bonchev–Trinajstić information content (AvgIpc) is 3.52. The summed E-state index contributed by atoms with van der Waals surface area (Å²) < 4.78 is 17.9. The molecule has 3 heterocycles. The van der Waals surface area contributed by atoms with E-state index in [1.54, 1.807) is 20.4 Å². The fraction of sp³-hybridized carbons (Fsp3) is 0.438. The van der Waals surface area contributed by atoms with Crippen LogP contribution >= 0.6 is 0 Å². The number of hydrogen-bond donors (Lipinski definition) is 1. The van der Waals surface area contributed by atoms with E-state index in [-0.39, 0.29) is 12.6 Å². The van der Waals surface area contributed by atoms with Crippen molar-refractivity contribution >= 4 is 28.4 Å². The zero-order chi connectivity index (χ0) is 30.9. The number of nitrogens with zero attached hydrogens (tertiary/aromatic N) is 7. The predicted octanol–water partition coefficient (Wildman–Crippen LogP) is 3.21. The molecule has 12 nitrogen and oxygen atoms in total. The van der Waals surface area contributed by atoms with Gasteiger partial charge in [-0.2, -0.15) is 5.10 Å². The van der Waals surface area contributed by atoms with Crippen molar-refractivity contribution in [2.24, 2.45) is 0 Å². The molecule has 44 heavy (non-hydrogen) atoms. The lowest BCUT2D eigenvalue weighted by Gasteiger charge is -2.34. The molecule has 4 aromatic rings. The first-order valence-electron chi connectivity index (χ1n) is 14.9. The number of carbonyl (C=O) groups is 1. The van der Waals surface area contributed by atoms with Crippen LogP contribution in [0.15, 0.2) is 55.0 Å². The Morgan fingerprint density at radius 2 is 1.64 bits per heavy atom. The molecular formula is C32H41N7O5. The first-order valence-corrected chi connectivity index (χ1v) is 14.9. The van der Waals surface area contributed by atoms with Crippen LogP contribution in [0.1, 0.15) is 13.3 Å². The normalized spacial score (nSPS) is 14.1. The Hall–Kier alpha value is -4.26. The molecule has 2 aromatic carbocycles. The van der Waals surface area contributed by atoms with Crippen molar-refractivity contribution in [2.45, 2.75) is 19.9 Å². The number of rotatable bonds is 14. The van der Waals surface area contributed by atoms with E-state index in [2.05, 4.69) is 19.9 Å². The number of benzene rings is 2. The van der Waals surface area contributed by atoms with Crippen molar-refractivity contribution in [1.29, 1.82) is 0 Å². The van der Waals surface area contributed by atoms with Gasteiger partial charge in [-0.3, -0.25) is 19.4 Å². The maximum Gasteiger partial charge on any atom is 0.302 e. The van der Waals surface area contributed by atoms with Gasteiger partial charge in [0, 0.05) is 94.1 Å². The number of aliphatic hydroxyl groups excluding tert-OH is 1. The molecular weight excluding hydrogens is 562 g/mol. The van der Waals surface area contributed by atoms with Gasteiger partial charge in [-0.05, 0) is 31.2 Å². The van der Waals surface area contributed by atoms with Gasteiger partial charge in [0.2, 0.25) is 0 Å². The number of ether oxygens (including phenoxy) is 3. The molecule has 2 aromatic heterocycles. The van der Waals surface area contributed by atoms with E-state index in [0.717, 1.165) is 85.9 Å². The fourth-order valence-electron chi connectivity index (χ4n) is 5.39. The van der Waals surface area contributed by atoms with E-state index in [4.69, 9.17) is 19.2 Å². The maximum atomic E-state index is 11.0. The van der Waals surface area contributed by atoms with Crippen LogP contribution in [-0.4, -0.2) is 114 Å². The van der Waals surface area contributed by atoms with E-state index in [0.29, 0.717) is 24.7 Å². The highest BCUT2D eigenvalue weighted by atomic mass is 16.5. The lowest BCUT2D eigenvalue weighted by atomic mass is 10.2. The van der Waals surface area contributed by atoms with E-state index in [9.17, 15) is 9.90 Å². The summed E-state index contributed by atoms with van der Waals surface area (Å²) in [5.74, 6) is 1.11. The second-order valence-corrected chi connectivity index (χ2v) is 10.7. The molecule has 234 valence electrons. The minimum Gasteiger partial charge on any atom is -0.497 e. The number of methoxy groups -OCH3 is 2. The van der Waals surface area contributed by atoms with Gasteiger partial charge in [-0.15, -0.1) is 0 Å². The lowest BCUT2D eigenvalue weighted by molar-refractivity contribution is -0.141. The Morgan fingerprint density at radius 3 is 2.32 bits per heavy atom. The zero-order valence-electron chi connectivity index (χ0n) is 25.7. The number of aliphatic hydroxyl groups is 1. The van der Waals surface area contributed by atoms with Crippen LogP contribution in [-0.2, 0) is 16.1 Å². The fourth-order valence-corrected chi connectivity index (χ4v) is 5.39. The van der Waals surface area contributed by atoms with Gasteiger partial charge < -0.3 is 29.1 Å². The van der Waals surface area contributed by atoms with Gasteiger partial charge in [0.25, 0.3) is 0 Å². The number of esters is 1. The SMILES string of the molecule is COc1cc(OC)cc(N(CCO)c2ccc3ncc(-c4cnn(CCCN5CCN(CCOC(C)=O)CC5)c4)nc3c2)c1. The summed E-state index contributed by atoms with van der Waals surface area (Å²) in [6.45, 7) is 8.88. The van der Waals surface area contributed by atoms with E-state index in [1.807, 2.05) is 58.4 Å². The molecule has 0 saturated carbocycles. The van der Waals surface area contributed by atoms with Crippen LogP contribution in [0, 0.1) is 0 Å². The first kappa shape index (κ1) is 31.2. The predicted molar refractivity (Wildman–Crippen MR) is 169 cm³/mol. The summed E-state index contributed by atoms with van der Waals surface area (Å²) in [6.07, 6.45) is 6.63. The number of anilines is 2. The topological polar surface area (TPSA) is 118 Å². The molecule has 12 heteroatoms. The zero-order valence-corrected chi connectivity index (χ0v) is 25.7. The van der Waals surface area contributed by atoms with Crippen molar-refractivity contribution in [3.8, 4) is 22.8 Å². The second kappa shape index (κ2) is 15.0. The Bertz CT molecular complexity index is 1510. The molecule has 0 radical (unpaired) electrons. The standard InChI is InChI=1S/C32H41N7O5/c1-24(41)44-16-14-37-11-9-36(10-12-37)7-4-8-38-23-25(21-34-38)32-22-33-30-6-5-26(19-31(30)35-32)39(13-15-40)27-17-28(42-2)20-29(18-27)43-3/h5-6,17-23,40H,4,7-16H2,1-3H3. The molecule has 1 aliphatic heterocycles. The lowest BCUT2D eigenvalue weighted by Crippen LogP contribution is -2.47. The van der Waals surface area contributed by atoms with Crippen LogP contribution in [0.4, 0.5) is 11.4 Å². The van der Waals surface area contributed by atoms with Crippen LogP contribution in [0.5, 0.6) is 11.5 Å². The van der Waals surface area contributed by atoms with Crippen molar-refractivity contribution in [2.75, 3.05) is 78.1 Å². The van der Waals surface area contributed by atoms with Gasteiger partial charge in [0.05, 0.1) is 49.9 Å². The van der Waals surface area contributed by atoms with Gasteiger partial charge >= 0.3 is 5.97 Å². The number of aryl methyl sites for hydroxylation is 1. The molecule has 0 atom stereocenters. The summed E-state index contributed by atoms with van der Waals surface area (Å²) in [5.41, 5.74) is 4.90. The molecule has 1 N–H and O–H groups in total. The Morgan fingerprint density at radius 1 is 0.909 bits per heavy atom. The molecule has 5 rings (SSSR count).